The summed E-state index contributed by atoms with van der Waals surface area (Å²) in [6.45, 7) is 4.99. The Hall–Kier alpha value is -3.82. The van der Waals surface area contributed by atoms with Gasteiger partial charge in [0.1, 0.15) is 0 Å². The van der Waals surface area contributed by atoms with Gasteiger partial charge in [0, 0.05) is 55.2 Å². The molecule has 2 aromatic carbocycles. The van der Waals surface area contributed by atoms with Crippen LogP contribution in [0, 0.1) is 5.92 Å². The molecule has 0 spiro atoms. The fraction of sp³-hybridized carbons (Fsp3) is 0.300. The molecule has 1 fully saturated rings. The molecule has 3 heterocycles. The number of hydrogen-bond donors (Lipinski definition) is 3. The molecule has 9 heteroatoms. The number of likely N-dealkylation sites (tertiary alicyclic amines) is 1. The normalized spacial score (nSPS) is 14.3. The standard InChI is InChI=1S/C30H32N6O2S/c1-20(37)31-13-14-32-29(38)24-11-15-36(16-12-24)19-21-7-9-23(10-8-21)27-26(22-5-3-2-4-6-22)17-25-18-33-30(39)35-28(25)34-27/h2-10,17-18,24H,11-16,19H2,1H3,(H,31,37)(H,32,38)(H,33,34,35,39). The smallest absolute Gasteiger partial charge is 0.223 e. The number of rotatable bonds is 8. The van der Waals surface area contributed by atoms with Gasteiger partial charge in [0.25, 0.3) is 0 Å². The Labute approximate surface area is 233 Å². The number of pyridine rings is 1. The monoisotopic (exact) mass is 540 g/mol. The molecule has 39 heavy (non-hydrogen) atoms. The number of fused-ring (bicyclic) bond motifs is 1. The fourth-order valence-electron chi connectivity index (χ4n) is 4.96. The molecule has 8 nitrogen and oxygen atoms in total. The van der Waals surface area contributed by atoms with Crippen molar-refractivity contribution in [2.75, 3.05) is 26.2 Å². The SMILES string of the molecule is CC(=O)NCCNC(=O)C1CCN(Cc2ccc(-c3nc4nc(S)ncc4cc3-c3ccccc3)cc2)CC1. The first-order valence-corrected chi connectivity index (χ1v) is 13.7. The molecule has 2 N–H and O–H groups in total. The molecular weight excluding hydrogens is 508 g/mol. The molecule has 1 aliphatic heterocycles. The molecule has 5 rings (SSSR count). The van der Waals surface area contributed by atoms with Crippen LogP contribution in [0.2, 0.25) is 0 Å². The van der Waals surface area contributed by atoms with E-state index in [0.717, 1.165) is 60.2 Å². The lowest BCUT2D eigenvalue weighted by molar-refractivity contribution is -0.126. The molecule has 0 aliphatic carbocycles. The van der Waals surface area contributed by atoms with Crippen LogP contribution in [0.4, 0.5) is 0 Å². The summed E-state index contributed by atoms with van der Waals surface area (Å²) in [4.78, 5) is 39.4. The maximum Gasteiger partial charge on any atom is 0.223 e. The second kappa shape index (κ2) is 12.4. The van der Waals surface area contributed by atoms with Crippen molar-refractivity contribution in [2.45, 2.75) is 31.5 Å². The Kier molecular flexibility index (Phi) is 8.48. The molecule has 0 atom stereocenters. The van der Waals surface area contributed by atoms with Crippen molar-refractivity contribution in [1.29, 1.82) is 0 Å². The third-order valence-corrected chi connectivity index (χ3v) is 7.25. The highest BCUT2D eigenvalue weighted by molar-refractivity contribution is 7.80. The van der Waals surface area contributed by atoms with E-state index in [1.54, 1.807) is 6.20 Å². The molecule has 0 unspecified atom stereocenters. The van der Waals surface area contributed by atoms with Crippen molar-refractivity contribution in [2.24, 2.45) is 5.92 Å². The van der Waals surface area contributed by atoms with E-state index in [0.29, 0.717) is 23.9 Å². The minimum absolute atomic E-state index is 0.0259. The zero-order valence-electron chi connectivity index (χ0n) is 21.9. The number of nitrogens with zero attached hydrogens (tertiary/aromatic N) is 4. The molecule has 2 amide bonds. The quantitative estimate of drug-likeness (QED) is 0.177. The van der Waals surface area contributed by atoms with Gasteiger partial charge in [-0.2, -0.15) is 0 Å². The van der Waals surface area contributed by atoms with Gasteiger partial charge in [-0.1, -0.05) is 54.6 Å². The Bertz CT molecular complexity index is 1450. The Morgan fingerprint density at radius 2 is 1.67 bits per heavy atom. The summed E-state index contributed by atoms with van der Waals surface area (Å²) in [5.41, 5.74) is 5.85. The topological polar surface area (TPSA) is 100 Å². The van der Waals surface area contributed by atoms with Crippen molar-refractivity contribution in [1.82, 2.24) is 30.5 Å². The average Bonchev–Trinajstić information content (AvgIpc) is 2.95. The number of amides is 2. The minimum atomic E-state index is -0.0857. The summed E-state index contributed by atoms with van der Waals surface area (Å²) >= 11 is 4.29. The maximum atomic E-state index is 12.4. The maximum absolute atomic E-state index is 12.4. The zero-order valence-corrected chi connectivity index (χ0v) is 22.8. The third kappa shape index (κ3) is 6.79. The molecule has 4 aromatic rings. The number of piperidine rings is 1. The van der Waals surface area contributed by atoms with E-state index in [1.807, 2.05) is 18.2 Å². The van der Waals surface area contributed by atoms with E-state index >= 15 is 0 Å². The summed E-state index contributed by atoms with van der Waals surface area (Å²) in [6.07, 6.45) is 3.43. The van der Waals surface area contributed by atoms with Crippen LogP contribution >= 0.6 is 12.6 Å². The second-order valence-corrected chi connectivity index (χ2v) is 10.3. The van der Waals surface area contributed by atoms with Gasteiger partial charge < -0.3 is 10.6 Å². The van der Waals surface area contributed by atoms with E-state index in [-0.39, 0.29) is 17.7 Å². The highest BCUT2D eigenvalue weighted by Crippen LogP contribution is 2.33. The number of thiol groups is 1. The summed E-state index contributed by atoms with van der Waals surface area (Å²) in [6, 6.07) is 20.9. The van der Waals surface area contributed by atoms with Crippen molar-refractivity contribution in [3.8, 4) is 22.4 Å². The van der Waals surface area contributed by atoms with Gasteiger partial charge >= 0.3 is 0 Å². The summed E-state index contributed by atoms with van der Waals surface area (Å²) in [7, 11) is 0. The van der Waals surface area contributed by atoms with Crippen LogP contribution in [0.15, 0.2) is 72.0 Å². The van der Waals surface area contributed by atoms with Crippen molar-refractivity contribution < 1.29 is 9.59 Å². The first-order valence-electron chi connectivity index (χ1n) is 13.2. The molecule has 0 bridgehead atoms. The lowest BCUT2D eigenvalue weighted by Gasteiger charge is -2.31. The first kappa shape index (κ1) is 26.8. The first-order chi connectivity index (χ1) is 19.0. The van der Waals surface area contributed by atoms with E-state index in [2.05, 4.69) is 80.6 Å². The lowest BCUT2D eigenvalue weighted by atomic mass is 9.95. The molecule has 1 saturated heterocycles. The number of hydrogen-bond acceptors (Lipinski definition) is 7. The predicted octanol–water partition coefficient (Wildman–Crippen LogP) is 4.11. The third-order valence-electron chi connectivity index (χ3n) is 7.03. The van der Waals surface area contributed by atoms with Gasteiger partial charge in [-0.25, -0.2) is 15.0 Å². The van der Waals surface area contributed by atoms with E-state index in [9.17, 15) is 9.59 Å². The van der Waals surface area contributed by atoms with Gasteiger partial charge in [0.05, 0.1) is 5.69 Å². The lowest BCUT2D eigenvalue weighted by Crippen LogP contribution is -2.42. The summed E-state index contributed by atoms with van der Waals surface area (Å²) in [5, 5.41) is 6.90. The number of carbonyl (C=O) groups excluding carboxylic acids is 2. The number of aromatic nitrogens is 3. The van der Waals surface area contributed by atoms with Gasteiger partial charge in [0.15, 0.2) is 10.8 Å². The fourth-order valence-corrected chi connectivity index (χ4v) is 5.11. The van der Waals surface area contributed by atoms with Crippen molar-refractivity contribution >= 4 is 35.5 Å². The van der Waals surface area contributed by atoms with Crippen molar-refractivity contribution in [3.05, 3.63) is 72.4 Å². The molecule has 1 aliphatic rings. The second-order valence-electron chi connectivity index (χ2n) is 9.85. The van der Waals surface area contributed by atoms with Crippen LogP contribution < -0.4 is 10.6 Å². The molecular formula is C30H32N6O2S. The van der Waals surface area contributed by atoms with Crippen LogP contribution in [-0.4, -0.2) is 57.8 Å². The molecule has 200 valence electrons. The van der Waals surface area contributed by atoms with Gasteiger partial charge in [-0.05, 0) is 43.1 Å². The van der Waals surface area contributed by atoms with Gasteiger partial charge in [-0.15, -0.1) is 12.6 Å². The predicted molar refractivity (Wildman–Crippen MR) is 155 cm³/mol. The highest BCUT2D eigenvalue weighted by Gasteiger charge is 2.24. The van der Waals surface area contributed by atoms with E-state index in [4.69, 9.17) is 4.98 Å². The zero-order chi connectivity index (χ0) is 27.2. The van der Waals surface area contributed by atoms with Gasteiger partial charge in [0.2, 0.25) is 11.8 Å². The highest BCUT2D eigenvalue weighted by atomic mass is 32.1. The van der Waals surface area contributed by atoms with Gasteiger partial charge in [-0.3, -0.25) is 14.5 Å². The van der Waals surface area contributed by atoms with Crippen LogP contribution in [0.5, 0.6) is 0 Å². The Balaban J connectivity index is 1.25. The average molecular weight is 541 g/mol. The molecule has 0 saturated carbocycles. The Morgan fingerprint density at radius 3 is 2.38 bits per heavy atom. The van der Waals surface area contributed by atoms with Crippen LogP contribution in [0.25, 0.3) is 33.4 Å². The van der Waals surface area contributed by atoms with E-state index in [1.165, 1.54) is 12.5 Å². The minimum Gasteiger partial charge on any atom is -0.355 e. The van der Waals surface area contributed by atoms with Crippen molar-refractivity contribution in [3.63, 3.8) is 0 Å². The largest absolute Gasteiger partial charge is 0.355 e. The Morgan fingerprint density at radius 1 is 0.949 bits per heavy atom. The summed E-state index contributed by atoms with van der Waals surface area (Å²) < 4.78 is 0. The van der Waals surface area contributed by atoms with E-state index < -0.39 is 0 Å². The molecule has 0 radical (unpaired) electrons. The number of nitrogens with one attached hydrogen (secondary N) is 2. The number of carbonyl (C=O) groups is 2. The van der Waals surface area contributed by atoms with Crippen LogP contribution in [0.1, 0.15) is 25.3 Å². The van der Waals surface area contributed by atoms with Crippen LogP contribution in [-0.2, 0) is 16.1 Å². The van der Waals surface area contributed by atoms with Crippen LogP contribution in [0.3, 0.4) is 0 Å². The number of benzene rings is 2. The summed E-state index contributed by atoms with van der Waals surface area (Å²) in [5.74, 6) is 0.0205. The molecule has 2 aromatic heterocycles.